The van der Waals surface area contributed by atoms with Gasteiger partial charge >= 0.3 is 5.97 Å². The number of rotatable bonds is 7. The Morgan fingerprint density at radius 1 is 1.04 bits per heavy atom. The van der Waals surface area contributed by atoms with E-state index in [9.17, 15) is 9.59 Å². The van der Waals surface area contributed by atoms with Crippen LogP contribution in [0, 0.1) is 0 Å². The van der Waals surface area contributed by atoms with Gasteiger partial charge in [-0.25, -0.2) is 4.79 Å². The molecule has 0 saturated carbocycles. The van der Waals surface area contributed by atoms with Crippen molar-refractivity contribution in [2.24, 2.45) is 0 Å². The molecule has 0 radical (unpaired) electrons. The fraction of sp³-hybridized carbons (Fsp3) is 0.222. The van der Waals surface area contributed by atoms with E-state index in [2.05, 4.69) is 21.2 Å². The van der Waals surface area contributed by atoms with Gasteiger partial charge in [0.25, 0.3) is 5.91 Å². The molecule has 6 nitrogen and oxygen atoms in total. The molecule has 2 aromatic carbocycles. The van der Waals surface area contributed by atoms with Gasteiger partial charge in [0.05, 0.1) is 19.8 Å². The van der Waals surface area contributed by atoms with E-state index in [-0.39, 0.29) is 6.61 Å². The van der Waals surface area contributed by atoms with E-state index in [0.29, 0.717) is 28.1 Å². The fourth-order valence-electron chi connectivity index (χ4n) is 2.03. The Kier molecular flexibility index (Phi) is 6.82. The summed E-state index contributed by atoms with van der Waals surface area (Å²) >= 11 is 3.27. The number of carbonyl (C=O) groups is 2. The Labute approximate surface area is 154 Å². The van der Waals surface area contributed by atoms with Crippen LogP contribution in [0.25, 0.3) is 0 Å². The highest BCUT2D eigenvalue weighted by molar-refractivity contribution is 9.10. The van der Waals surface area contributed by atoms with Crippen molar-refractivity contribution < 1.29 is 23.8 Å². The summed E-state index contributed by atoms with van der Waals surface area (Å²) in [4.78, 5) is 24.0. The molecule has 7 heteroatoms. The van der Waals surface area contributed by atoms with Crippen LogP contribution in [-0.4, -0.2) is 32.7 Å². The second kappa shape index (κ2) is 9.08. The van der Waals surface area contributed by atoms with Crippen molar-refractivity contribution in [2.75, 3.05) is 20.8 Å². The molecule has 0 fully saturated rings. The lowest BCUT2D eigenvalue weighted by atomic mass is 10.2. The number of hydrogen-bond acceptors (Lipinski definition) is 5. The van der Waals surface area contributed by atoms with Crippen molar-refractivity contribution in [1.29, 1.82) is 0 Å². The number of amides is 1. The molecule has 0 heterocycles. The molecular formula is C18H18BrNO5. The summed E-state index contributed by atoms with van der Waals surface area (Å²) in [5.41, 5.74) is 1.18. The van der Waals surface area contributed by atoms with E-state index in [1.54, 1.807) is 25.3 Å². The molecule has 0 spiro atoms. The third-order valence-electron chi connectivity index (χ3n) is 3.35. The number of halogens is 1. The zero-order valence-corrected chi connectivity index (χ0v) is 15.5. The van der Waals surface area contributed by atoms with Gasteiger partial charge in [-0.15, -0.1) is 0 Å². The Balaban J connectivity index is 1.86. The van der Waals surface area contributed by atoms with Crippen LogP contribution >= 0.6 is 15.9 Å². The van der Waals surface area contributed by atoms with Gasteiger partial charge in [0, 0.05) is 11.0 Å². The maximum Gasteiger partial charge on any atom is 0.339 e. The van der Waals surface area contributed by atoms with Crippen molar-refractivity contribution in [1.82, 2.24) is 5.32 Å². The highest BCUT2D eigenvalue weighted by Crippen LogP contribution is 2.23. The lowest BCUT2D eigenvalue weighted by Crippen LogP contribution is -2.28. The monoisotopic (exact) mass is 407 g/mol. The van der Waals surface area contributed by atoms with Crippen molar-refractivity contribution in [3.63, 3.8) is 0 Å². The number of nitrogens with one attached hydrogen (secondary N) is 1. The van der Waals surface area contributed by atoms with E-state index >= 15 is 0 Å². The number of benzene rings is 2. The Morgan fingerprint density at radius 2 is 1.76 bits per heavy atom. The molecule has 2 aromatic rings. The molecule has 0 atom stereocenters. The lowest BCUT2D eigenvalue weighted by Gasteiger charge is -2.09. The predicted molar refractivity (Wildman–Crippen MR) is 95.8 cm³/mol. The molecule has 132 valence electrons. The zero-order valence-electron chi connectivity index (χ0n) is 13.9. The molecule has 0 bridgehead atoms. The first-order valence-corrected chi connectivity index (χ1v) is 8.23. The minimum Gasteiger partial charge on any atom is -0.497 e. The molecule has 0 aliphatic heterocycles. The first-order valence-electron chi connectivity index (χ1n) is 7.43. The first kappa shape index (κ1) is 18.8. The summed E-state index contributed by atoms with van der Waals surface area (Å²) in [5.74, 6) is 0.233. The SMILES string of the molecule is COc1cccc(CNC(=O)COC(=O)c2cc(OC)ccc2Br)c1. The zero-order chi connectivity index (χ0) is 18.2. The molecule has 1 amide bonds. The van der Waals surface area contributed by atoms with Crippen LogP contribution in [0.2, 0.25) is 0 Å². The van der Waals surface area contributed by atoms with E-state index in [1.807, 2.05) is 24.3 Å². The Hall–Kier alpha value is -2.54. The lowest BCUT2D eigenvalue weighted by molar-refractivity contribution is -0.124. The average Bonchev–Trinajstić information content (AvgIpc) is 2.65. The molecule has 0 saturated heterocycles. The molecule has 0 aliphatic carbocycles. The molecule has 0 unspecified atom stereocenters. The first-order chi connectivity index (χ1) is 12.0. The summed E-state index contributed by atoms with van der Waals surface area (Å²) in [7, 11) is 3.08. The van der Waals surface area contributed by atoms with Crippen molar-refractivity contribution >= 4 is 27.8 Å². The van der Waals surface area contributed by atoms with Gasteiger partial charge in [0.15, 0.2) is 6.61 Å². The standard InChI is InChI=1S/C18H18BrNO5/c1-23-13-5-3-4-12(8-13)10-20-17(21)11-25-18(22)15-9-14(24-2)6-7-16(15)19/h3-9H,10-11H2,1-2H3,(H,20,21). The molecule has 1 N–H and O–H groups in total. The van der Waals surface area contributed by atoms with Gasteiger partial charge in [-0.2, -0.15) is 0 Å². The second-order valence-corrected chi connectivity index (χ2v) is 5.90. The van der Waals surface area contributed by atoms with Crippen LogP contribution in [0.5, 0.6) is 11.5 Å². The summed E-state index contributed by atoms with van der Waals surface area (Å²) in [6, 6.07) is 12.3. The maximum absolute atomic E-state index is 12.1. The third kappa shape index (κ3) is 5.49. The van der Waals surface area contributed by atoms with Crippen molar-refractivity contribution in [3.05, 3.63) is 58.1 Å². The van der Waals surface area contributed by atoms with Crippen molar-refractivity contribution in [3.8, 4) is 11.5 Å². The van der Waals surface area contributed by atoms with Crippen LogP contribution in [-0.2, 0) is 16.1 Å². The summed E-state index contributed by atoms with van der Waals surface area (Å²) < 4.78 is 15.8. The smallest absolute Gasteiger partial charge is 0.339 e. The molecule has 0 aliphatic rings. The largest absolute Gasteiger partial charge is 0.497 e. The Bertz CT molecular complexity index is 763. The average molecular weight is 408 g/mol. The molecular weight excluding hydrogens is 390 g/mol. The van der Waals surface area contributed by atoms with Gasteiger partial charge in [-0.1, -0.05) is 12.1 Å². The molecule has 0 aromatic heterocycles. The van der Waals surface area contributed by atoms with Crippen molar-refractivity contribution in [2.45, 2.75) is 6.54 Å². The third-order valence-corrected chi connectivity index (χ3v) is 4.04. The quantitative estimate of drug-likeness (QED) is 0.714. The normalized spacial score (nSPS) is 10.0. The highest BCUT2D eigenvalue weighted by atomic mass is 79.9. The van der Waals surface area contributed by atoms with Crippen LogP contribution in [0.4, 0.5) is 0 Å². The molecule has 2 rings (SSSR count). The van der Waals surface area contributed by atoms with Crippen LogP contribution in [0.3, 0.4) is 0 Å². The van der Waals surface area contributed by atoms with Crippen LogP contribution in [0.15, 0.2) is 46.9 Å². The number of methoxy groups -OCH3 is 2. The number of carbonyl (C=O) groups excluding carboxylic acids is 2. The van der Waals surface area contributed by atoms with Gasteiger partial charge in [0.1, 0.15) is 11.5 Å². The van der Waals surface area contributed by atoms with Gasteiger partial charge in [0.2, 0.25) is 0 Å². The van der Waals surface area contributed by atoms with E-state index < -0.39 is 11.9 Å². The summed E-state index contributed by atoms with van der Waals surface area (Å²) in [5, 5.41) is 2.69. The van der Waals surface area contributed by atoms with E-state index in [4.69, 9.17) is 14.2 Å². The topological polar surface area (TPSA) is 73.9 Å². The minimum atomic E-state index is -0.609. The van der Waals surface area contributed by atoms with Crippen LogP contribution < -0.4 is 14.8 Å². The number of hydrogen-bond donors (Lipinski definition) is 1. The van der Waals surface area contributed by atoms with Gasteiger partial charge in [-0.05, 0) is 51.8 Å². The van der Waals surface area contributed by atoms with E-state index in [1.165, 1.54) is 7.11 Å². The summed E-state index contributed by atoms with van der Waals surface area (Å²) in [6.07, 6.45) is 0. The second-order valence-electron chi connectivity index (χ2n) is 5.05. The molecule has 25 heavy (non-hydrogen) atoms. The maximum atomic E-state index is 12.1. The summed E-state index contributed by atoms with van der Waals surface area (Å²) in [6.45, 7) is -0.0527. The Morgan fingerprint density at radius 3 is 2.48 bits per heavy atom. The van der Waals surface area contributed by atoms with Gasteiger partial charge < -0.3 is 19.5 Å². The highest BCUT2D eigenvalue weighted by Gasteiger charge is 2.14. The fourth-order valence-corrected chi connectivity index (χ4v) is 2.44. The predicted octanol–water partition coefficient (Wildman–Crippen LogP) is 2.94. The number of ether oxygens (including phenoxy) is 3. The van der Waals surface area contributed by atoms with Crippen LogP contribution in [0.1, 0.15) is 15.9 Å². The number of esters is 1. The van der Waals surface area contributed by atoms with E-state index in [0.717, 1.165) is 5.56 Å². The van der Waals surface area contributed by atoms with Gasteiger partial charge in [-0.3, -0.25) is 4.79 Å². The minimum absolute atomic E-state index is 0.292.